The van der Waals surface area contributed by atoms with Gasteiger partial charge in [0.1, 0.15) is 5.82 Å². The second-order valence-corrected chi connectivity index (χ2v) is 7.41. The van der Waals surface area contributed by atoms with E-state index in [1.54, 1.807) is 11.3 Å². The molecule has 0 atom stereocenters. The summed E-state index contributed by atoms with van der Waals surface area (Å²) in [6.45, 7) is 1.68. The van der Waals surface area contributed by atoms with Crippen LogP contribution in [0.25, 0.3) is 11.0 Å². The number of carbonyl (C=O) groups excluding carboxylic acids is 1. The lowest BCUT2D eigenvalue weighted by molar-refractivity contribution is -0.132. The smallest absolute Gasteiger partial charge is 0.222 e. The lowest BCUT2D eigenvalue weighted by atomic mass is 9.96. The number of imidazole rings is 1. The van der Waals surface area contributed by atoms with Crippen molar-refractivity contribution >= 4 is 28.3 Å². The van der Waals surface area contributed by atoms with E-state index in [1.165, 1.54) is 4.88 Å². The van der Waals surface area contributed by atoms with Crippen molar-refractivity contribution in [3.63, 3.8) is 0 Å². The molecule has 0 unspecified atom stereocenters. The van der Waals surface area contributed by atoms with Crippen molar-refractivity contribution < 1.29 is 4.79 Å². The van der Waals surface area contributed by atoms with Crippen LogP contribution in [0.15, 0.2) is 41.8 Å². The summed E-state index contributed by atoms with van der Waals surface area (Å²) in [6, 6.07) is 12.3. The molecule has 1 amide bonds. The molecule has 1 fully saturated rings. The second-order valence-electron chi connectivity index (χ2n) is 6.37. The summed E-state index contributed by atoms with van der Waals surface area (Å²) in [5, 5.41) is 2.07. The van der Waals surface area contributed by atoms with Crippen LogP contribution in [-0.2, 0) is 11.2 Å². The number of para-hydroxylation sites is 2. The number of nitrogens with one attached hydrogen (secondary N) is 1. The molecular formula is C19H21N3OS. The molecule has 4 rings (SSSR count). The van der Waals surface area contributed by atoms with E-state index in [0.717, 1.165) is 49.2 Å². The Morgan fingerprint density at radius 1 is 1.21 bits per heavy atom. The summed E-state index contributed by atoms with van der Waals surface area (Å²) in [7, 11) is 0. The normalized spacial score (nSPS) is 15.9. The number of aromatic amines is 1. The molecule has 1 saturated heterocycles. The number of hydrogen-bond acceptors (Lipinski definition) is 3. The quantitative estimate of drug-likeness (QED) is 0.782. The molecule has 3 heterocycles. The van der Waals surface area contributed by atoms with E-state index < -0.39 is 0 Å². The van der Waals surface area contributed by atoms with Crippen LogP contribution in [0.3, 0.4) is 0 Å². The van der Waals surface area contributed by atoms with Gasteiger partial charge < -0.3 is 9.88 Å². The number of likely N-dealkylation sites (tertiary alicyclic amines) is 1. The first-order chi connectivity index (χ1) is 11.8. The number of H-pyrrole nitrogens is 1. The van der Waals surface area contributed by atoms with Crippen LogP contribution in [-0.4, -0.2) is 33.9 Å². The van der Waals surface area contributed by atoms with Crippen molar-refractivity contribution in [3.8, 4) is 0 Å². The highest BCUT2D eigenvalue weighted by Gasteiger charge is 2.25. The van der Waals surface area contributed by atoms with Crippen molar-refractivity contribution in [2.24, 2.45) is 0 Å². The highest BCUT2D eigenvalue weighted by atomic mass is 32.1. The van der Waals surface area contributed by atoms with Gasteiger partial charge in [0.2, 0.25) is 5.91 Å². The number of thiophene rings is 1. The van der Waals surface area contributed by atoms with Gasteiger partial charge in [-0.15, -0.1) is 11.3 Å². The molecule has 124 valence electrons. The Morgan fingerprint density at radius 2 is 2.04 bits per heavy atom. The zero-order chi connectivity index (χ0) is 16.4. The molecule has 24 heavy (non-hydrogen) atoms. The van der Waals surface area contributed by atoms with Gasteiger partial charge in [-0.2, -0.15) is 0 Å². The third kappa shape index (κ3) is 3.22. The molecule has 0 bridgehead atoms. The fourth-order valence-corrected chi connectivity index (χ4v) is 4.12. The number of rotatable bonds is 4. The maximum Gasteiger partial charge on any atom is 0.222 e. The lowest BCUT2D eigenvalue weighted by Gasteiger charge is -2.31. The third-order valence-electron chi connectivity index (χ3n) is 4.81. The van der Waals surface area contributed by atoms with Crippen LogP contribution in [0.4, 0.5) is 0 Å². The van der Waals surface area contributed by atoms with Gasteiger partial charge in [-0.1, -0.05) is 18.2 Å². The number of aromatic nitrogens is 2. The molecule has 1 aliphatic rings. The number of nitrogens with zero attached hydrogens (tertiary/aromatic N) is 2. The molecule has 1 N–H and O–H groups in total. The van der Waals surface area contributed by atoms with E-state index in [9.17, 15) is 4.79 Å². The minimum absolute atomic E-state index is 0.284. The van der Waals surface area contributed by atoms with Crippen molar-refractivity contribution in [2.45, 2.75) is 31.6 Å². The van der Waals surface area contributed by atoms with Crippen LogP contribution in [0.2, 0.25) is 0 Å². The number of fused-ring (bicyclic) bond motifs is 1. The van der Waals surface area contributed by atoms with Crippen molar-refractivity contribution in [1.82, 2.24) is 14.9 Å². The van der Waals surface area contributed by atoms with E-state index in [0.29, 0.717) is 12.3 Å². The standard InChI is InChI=1S/C19H21N3OS/c23-18(8-7-15-4-3-13-24-15)22-11-9-14(10-12-22)19-20-16-5-1-2-6-17(16)21-19/h1-6,13-14H,7-12H2,(H,20,21). The SMILES string of the molecule is O=C(CCc1cccs1)N1CCC(c2nc3ccccc3[nH]2)CC1. The Hall–Kier alpha value is -2.14. The Morgan fingerprint density at radius 3 is 2.79 bits per heavy atom. The molecule has 3 aromatic rings. The van der Waals surface area contributed by atoms with Gasteiger partial charge in [-0.3, -0.25) is 4.79 Å². The van der Waals surface area contributed by atoms with Gasteiger partial charge in [-0.05, 0) is 42.8 Å². The molecule has 1 aliphatic heterocycles. The molecule has 0 radical (unpaired) electrons. The van der Waals surface area contributed by atoms with Crippen LogP contribution in [0.1, 0.15) is 35.9 Å². The number of hydrogen-bond donors (Lipinski definition) is 1. The molecule has 0 spiro atoms. The van der Waals surface area contributed by atoms with E-state index in [-0.39, 0.29) is 5.91 Å². The molecule has 2 aromatic heterocycles. The molecule has 1 aromatic carbocycles. The Balaban J connectivity index is 1.33. The van der Waals surface area contributed by atoms with E-state index in [2.05, 4.69) is 22.5 Å². The van der Waals surface area contributed by atoms with E-state index in [4.69, 9.17) is 4.98 Å². The fraction of sp³-hybridized carbons (Fsp3) is 0.368. The summed E-state index contributed by atoms with van der Waals surface area (Å²) < 4.78 is 0. The predicted molar refractivity (Wildman–Crippen MR) is 97.3 cm³/mol. The van der Waals surface area contributed by atoms with Crippen molar-refractivity contribution in [3.05, 3.63) is 52.5 Å². The molecule has 5 heteroatoms. The van der Waals surface area contributed by atoms with Crippen LogP contribution >= 0.6 is 11.3 Å². The summed E-state index contributed by atoms with van der Waals surface area (Å²) in [4.78, 5) is 23.9. The summed E-state index contributed by atoms with van der Waals surface area (Å²) in [6.07, 6.45) is 3.46. The number of aryl methyl sites for hydroxylation is 1. The molecule has 0 saturated carbocycles. The summed E-state index contributed by atoms with van der Waals surface area (Å²) in [5.74, 6) is 1.78. The van der Waals surface area contributed by atoms with Crippen LogP contribution < -0.4 is 0 Å². The average Bonchev–Trinajstić information content (AvgIpc) is 3.29. The Labute approximate surface area is 145 Å². The van der Waals surface area contributed by atoms with E-state index >= 15 is 0 Å². The monoisotopic (exact) mass is 339 g/mol. The zero-order valence-corrected chi connectivity index (χ0v) is 14.4. The first-order valence-corrected chi connectivity index (χ1v) is 9.42. The summed E-state index contributed by atoms with van der Waals surface area (Å²) >= 11 is 1.73. The van der Waals surface area contributed by atoms with Gasteiger partial charge in [0.25, 0.3) is 0 Å². The zero-order valence-electron chi connectivity index (χ0n) is 13.6. The van der Waals surface area contributed by atoms with Gasteiger partial charge >= 0.3 is 0 Å². The highest BCUT2D eigenvalue weighted by Crippen LogP contribution is 2.28. The number of piperidine rings is 1. The highest BCUT2D eigenvalue weighted by molar-refractivity contribution is 7.09. The minimum Gasteiger partial charge on any atom is -0.343 e. The topological polar surface area (TPSA) is 49.0 Å². The van der Waals surface area contributed by atoms with Crippen LogP contribution in [0, 0.1) is 0 Å². The Kier molecular flexibility index (Phi) is 4.34. The molecular weight excluding hydrogens is 318 g/mol. The predicted octanol–water partition coefficient (Wildman–Crippen LogP) is 3.96. The van der Waals surface area contributed by atoms with Gasteiger partial charge in [0.15, 0.2) is 0 Å². The first-order valence-electron chi connectivity index (χ1n) is 8.54. The number of benzene rings is 1. The molecule has 0 aliphatic carbocycles. The van der Waals surface area contributed by atoms with Gasteiger partial charge in [0.05, 0.1) is 11.0 Å². The Bertz CT molecular complexity index is 783. The lowest BCUT2D eigenvalue weighted by Crippen LogP contribution is -2.38. The average molecular weight is 339 g/mol. The maximum atomic E-state index is 12.4. The van der Waals surface area contributed by atoms with Crippen molar-refractivity contribution in [1.29, 1.82) is 0 Å². The van der Waals surface area contributed by atoms with E-state index in [1.807, 2.05) is 29.2 Å². The third-order valence-corrected chi connectivity index (χ3v) is 5.74. The first kappa shape index (κ1) is 15.4. The maximum absolute atomic E-state index is 12.4. The largest absolute Gasteiger partial charge is 0.343 e. The summed E-state index contributed by atoms with van der Waals surface area (Å²) in [5.41, 5.74) is 2.13. The molecule has 4 nitrogen and oxygen atoms in total. The minimum atomic E-state index is 0.284. The van der Waals surface area contributed by atoms with Crippen LogP contribution in [0.5, 0.6) is 0 Å². The van der Waals surface area contributed by atoms with Gasteiger partial charge in [-0.25, -0.2) is 4.98 Å². The van der Waals surface area contributed by atoms with Crippen molar-refractivity contribution in [2.75, 3.05) is 13.1 Å². The van der Waals surface area contributed by atoms with Gasteiger partial charge in [0, 0.05) is 30.3 Å². The number of amides is 1. The fourth-order valence-electron chi connectivity index (χ4n) is 3.41. The number of carbonyl (C=O) groups is 1. The second kappa shape index (κ2) is 6.77.